The molecule has 3 fully saturated rings. The number of ether oxygens (including phenoxy) is 1. The van der Waals surface area contributed by atoms with Gasteiger partial charge < -0.3 is 10.1 Å². The second kappa shape index (κ2) is 4.21. The van der Waals surface area contributed by atoms with Crippen molar-refractivity contribution in [3.8, 4) is 0 Å². The lowest BCUT2D eigenvalue weighted by Crippen LogP contribution is -2.54. The molecule has 2 bridgehead atoms. The molecule has 3 aliphatic carbocycles. The lowest BCUT2D eigenvalue weighted by molar-refractivity contribution is -0.0186. The van der Waals surface area contributed by atoms with Crippen LogP contribution in [0.3, 0.4) is 0 Å². The van der Waals surface area contributed by atoms with Gasteiger partial charge in [0.05, 0.1) is 6.10 Å². The average Bonchev–Trinajstić information content (AvgIpc) is 2.59. The fourth-order valence-electron chi connectivity index (χ4n) is 4.81. The van der Waals surface area contributed by atoms with Crippen molar-refractivity contribution >= 4 is 0 Å². The minimum absolute atomic E-state index is 0.522. The van der Waals surface area contributed by atoms with Crippen LogP contribution in [-0.4, -0.2) is 24.8 Å². The zero-order valence-electron chi connectivity index (χ0n) is 12.5. The molecule has 0 saturated heterocycles. The molecule has 2 heteroatoms. The van der Waals surface area contributed by atoms with Crippen molar-refractivity contribution in [2.24, 2.45) is 16.7 Å². The molecule has 0 amide bonds. The molecule has 0 spiro atoms. The third kappa shape index (κ3) is 1.68. The second-order valence-corrected chi connectivity index (χ2v) is 7.58. The molecule has 0 aromatic heterocycles. The molecule has 0 heterocycles. The molecule has 0 aliphatic heterocycles. The van der Waals surface area contributed by atoms with Crippen molar-refractivity contribution in [2.75, 3.05) is 6.61 Å². The van der Waals surface area contributed by atoms with E-state index in [0.29, 0.717) is 16.9 Å². The number of hydrogen-bond donors (Lipinski definition) is 1. The molecular formula is C16H29NO. The largest absolute Gasteiger partial charge is 0.378 e. The SMILES string of the molecule is CCOC1CC(NC2CC3CCC2(C)C3(C)C)C1. The van der Waals surface area contributed by atoms with E-state index in [-0.39, 0.29) is 0 Å². The Morgan fingerprint density at radius 2 is 1.89 bits per heavy atom. The van der Waals surface area contributed by atoms with E-state index in [2.05, 4.69) is 33.0 Å². The number of hydrogen-bond acceptors (Lipinski definition) is 2. The standard InChI is InChI=1S/C16H29NO/c1-5-18-13-9-12(10-13)17-14-8-11-6-7-16(14,4)15(11,2)3/h11-14,17H,5-10H2,1-4H3. The number of nitrogens with one attached hydrogen (secondary N) is 1. The second-order valence-electron chi connectivity index (χ2n) is 7.58. The minimum atomic E-state index is 0.522. The first-order chi connectivity index (χ1) is 8.47. The molecule has 0 radical (unpaired) electrons. The minimum Gasteiger partial charge on any atom is -0.378 e. The predicted octanol–water partition coefficient (Wildman–Crippen LogP) is 3.36. The van der Waals surface area contributed by atoms with Gasteiger partial charge in [0.25, 0.3) is 0 Å². The molecule has 3 aliphatic rings. The maximum Gasteiger partial charge on any atom is 0.0604 e. The van der Waals surface area contributed by atoms with Gasteiger partial charge >= 0.3 is 0 Å². The van der Waals surface area contributed by atoms with E-state index in [1.165, 1.54) is 32.1 Å². The Morgan fingerprint density at radius 3 is 2.39 bits per heavy atom. The summed E-state index contributed by atoms with van der Waals surface area (Å²) in [5, 5.41) is 3.95. The zero-order valence-corrected chi connectivity index (χ0v) is 12.5. The zero-order chi connectivity index (χ0) is 13.0. The summed E-state index contributed by atoms with van der Waals surface area (Å²) in [4.78, 5) is 0. The van der Waals surface area contributed by atoms with Crippen molar-refractivity contribution in [2.45, 2.75) is 78.0 Å². The Labute approximate surface area is 112 Å². The molecule has 0 aromatic carbocycles. The van der Waals surface area contributed by atoms with Gasteiger partial charge in [0.2, 0.25) is 0 Å². The molecule has 104 valence electrons. The molecule has 3 atom stereocenters. The first-order valence-electron chi connectivity index (χ1n) is 7.85. The molecule has 3 saturated carbocycles. The van der Waals surface area contributed by atoms with Gasteiger partial charge in [0.1, 0.15) is 0 Å². The summed E-state index contributed by atoms with van der Waals surface area (Å²) in [6.45, 7) is 10.5. The highest BCUT2D eigenvalue weighted by atomic mass is 16.5. The van der Waals surface area contributed by atoms with Crippen LogP contribution in [0.4, 0.5) is 0 Å². The van der Waals surface area contributed by atoms with Crippen LogP contribution in [0, 0.1) is 16.7 Å². The van der Waals surface area contributed by atoms with Crippen molar-refractivity contribution in [3.05, 3.63) is 0 Å². The van der Waals surface area contributed by atoms with Gasteiger partial charge in [-0.05, 0) is 55.8 Å². The third-order valence-electron chi connectivity index (χ3n) is 6.73. The first kappa shape index (κ1) is 12.9. The monoisotopic (exact) mass is 251 g/mol. The predicted molar refractivity (Wildman–Crippen MR) is 74.6 cm³/mol. The Balaban J connectivity index is 1.57. The van der Waals surface area contributed by atoms with E-state index < -0.39 is 0 Å². The van der Waals surface area contributed by atoms with Crippen molar-refractivity contribution < 1.29 is 4.74 Å². The highest BCUT2D eigenvalue weighted by Crippen LogP contribution is 2.65. The van der Waals surface area contributed by atoms with E-state index in [4.69, 9.17) is 4.74 Å². The van der Waals surface area contributed by atoms with Gasteiger partial charge in [-0.2, -0.15) is 0 Å². The van der Waals surface area contributed by atoms with E-state index in [1.54, 1.807) is 0 Å². The van der Waals surface area contributed by atoms with E-state index >= 15 is 0 Å². The molecule has 3 unspecified atom stereocenters. The summed E-state index contributed by atoms with van der Waals surface area (Å²) in [6.07, 6.45) is 7.26. The lowest BCUT2D eigenvalue weighted by Gasteiger charge is -2.44. The van der Waals surface area contributed by atoms with Crippen molar-refractivity contribution in [1.29, 1.82) is 0 Å². The fourth-order valence-corrected chi connectivity index (χ4v) is 4.81. The van der Waals surface area contributed by atoms with Crippen LogP contribution in [0.15, 0.2) is 0 Å². The van der Waals surface area contributed by atoms with Gasteiger partial charge in [0.15, 0.2) is 0 Å². The van der Waals surface area contributed by atoms with Gasteiger partial charge in [-0.25, -0.2) is 0 Å². The average molecular weight is 251 g/mol. The van der Waals surface area contributed by atoms with Crippen molar-refractivity contribution in [3.63, 3.8) is 0 Å². The Kier molecular flexibility index (Phi) is 3.02. The summed E-state index contributed by atoms with van der Waals surface area (Å²) in [5.74, 6) is 0.947. The smallest absolute Gasteiger partial charge is 0.0604 e. The van der Waals surface area contributed by atoms with Gasteiger partial charge in [0, 0.05) is 18.7 Å². The summed E-state index contributed by atoms with van der Waals surface area (Å²) < 4.78 is 5.66. The lowest BCUT2D eigenvalue weighted by atomic mass is 9.69. The third-order valence-corrected chi connectivity index (χ3v) is 6.73. The van der Waals surface area contributed by atoms with Crippen LogP contribution >= 0.6 is 0 Å². The summed E-state index contributed by atoms with van der Waals surface area (Å²) in [6, 6.07) is 1.47. The Morgan fingerprint density at radius 1 is 1.17 bits per heavy atom. The van der Waals surface area contributed by atoms with E-state index in [9.17, 15) is 0 Å². The highest BCUT2D eigenvalue weighted by Gasteiger charge is 2.61. The van der Waals surface area contributed by atoms with Gasteiger partial charge in [-0.15, -0.1) is 0 Å². The van der Waals surface area contributed by atoms with Crippen LogP contribution < -0.4 is 5.32 Å². The summed E-state index contributed by atoms with van der Waals surface area (Å²) in [7, 11) is 0. The topological polar surface area (TPSA) is 21.3 Å². The Hall–Kier alpha value is -0.0800. The summed E-state index contributed by atoms with van der Waals surface area (Å²) in [5.41, 5.74) is 1.06. The summed E-state index contributed by atoms with van der Waals surface area (Å²) >= 11 is 0. The van der Waals surface area contributed by atoms with Gasteiger partial charge in [-0.1, -0.05) is 20.8 Å². The maximum atomic E-state index is 5.66. The molecule has 0 aromatic rings. The Bertz CT molecular complexity index is 321. The van der Waals surface area contributed by atoms with Gasteiger partial charge in [-0.3, -0.25) is 0 Å². The number of rotatable bonds is 4. The maximum absolute atomic E-state index is 5.66. The van der Waals surface area contributed by atoms with Crippen LogP contribution in [0.2, 0.25) is 0 Å². The fraction of sp³-hybridized carbons (Fsp3) is 1.00. The van der Waals surface area contributed by atoms with Crippen LogP contribution in [-0.2, 0) is 4.74 Å². The first-order valence-corrected chi connectivity index (χ1v) is 7.85. The van der Waals surface area contributed by atoms with E-state index in [0.717, 1.165) is 24.6 Å². The van der Waals surface area contributed by atoms with Crippen LogP contribution in [0.25, 0.3) is 0 Å². The molecule has 3 rings (SSSR count). The normalized spacial score (nSPS) is 49.3. The molecular weight excluding hydrogens is 222 g/mol. The highest BCUT2D eigenvalue weighted by molar-refractivity contribution is 5.13. The molecule has 18 heavy (non-hydrogen) atoms. The molecule has 1 N–H and O–H groups in total. The quantitative estimate of drug-likeness (QED) is 0.827. The number of fused-ring (bicyclic) bond motifs is 2. The van der Waals surface area contributed by atoms with Crippen LogP contribution in [0.1, 0.15) is 59.8 Å². The van der Waals surface area contributed by atoms with Crippen LogP contribution in [0.5, 0.6) is 0 Å². The molecule has 2 nitrogen and oxygen atoms in total. The van der Waals surface area contributed by atoms with E-state index in [1.807, 2.05) is 0 Å². The van der Waals surface area contributed by atoms with Crippen molar-refractivity contribution in [1.82, 2.24) is 5.32 Å².